The maximum absolute atomic E-state index is 5.66. The summed E-state index contributed by atoms with van der Waals surface area (Å²) in [4.78, 5) is 2.30. The minimum absolute atomic E-state index is 0.318. The monoisotopic (exact) mass is 250 g/mol. The van der Waals surface area contributed by atoms with Gasteiger partial charge in [0.05, 0.1) is 6.61 Å². The van der Waals surface area contributed by atoms with Gasteiger partial charge in [-0.2, -0.15) is 0 Å². The lowest BCUT2D eigenvalue weighted by molar-refractivity contribution is 0.325. The molecule has 0 amide bonds. The molecule has 0 saturated carbocycles. The van der Waals surface area contributed by atoms with Crippen molar-refractivity contribution in [3.63, 3.8) is 0 Å². The third kappa shape index (κ3) is 4.67. The molecule has 0 bridgehead atoms. The second-order valence-corrected chi connectivity index (χ2v) is 4.54. The number of benzene rings is 1. The maximum atomic E-state index is 5.66. The van der Waals surface area contributed by atoms with Crippen LogP contribution >= 0.6 is 0 Å². The van der Waals surface area contributed by atoms with Crippen LogP contribution in [-0.2, 0) is 0 Å². The molecule has 1 aromatic rings. The summed E-state index contributed by atoms with van der Waals surface area (Å²) in [6.07, 6.45) is 0. The largest absolute Gasteiger partial charge is 0.494 e. The summed E-state index contributed by atoms with van der Waals surface area (Å²) in [6, 6.07) is 8.57. The van der Waals surface area contributed by atoms with Gasteiger partial charge in [-0.25, -0.2) is 0 Å². The normalized spacial score (nSPS) is 12.7. The first-order valence-electron chi connectivity index (χ1n) is 6.82. The third-order valence-corrected chi connectivity index (χ3v) is 3.17. The molecule has 0 heterocycles. The number of likely N-dealkylation sites (N-methyl/N-ethyl adjacent to an activating group) is 1. The maximum Gasteiger partial charge on any atom is 0.124 e. The number of hydrogen-bond acceptors (Lipinski definition) is 3. The van der Waals surface area contributed by atoms with Gasteiger partial charge in [-0.15, -0.1) is 0 Å². The number of nitrogens with one attached hydrogen (secondary N) is 1. The molecule has 3 nitrogen and oxygen atoms in total. The van der Waals surface area contributed by atoms with Crippen LogP contribution in [0, 0.1) is 0 Å². The predicted molar refractivity (Wildman–Crippen MR) is 77.2 cm³/mol. The quantitative estimate of drug-likeness (QED) is 0.767. The van der Waals surface area contributed by atoms with Crippen LogP contribution in [0.5, 0.6) is 5.75 Å². The second-order valence-electron chi connectivity index (χ2n) is 4.54. The first-order valence-corrected chi connectivity index (χ1v) is 6.82. The van der Waals surface area contributed by atoms with Crippen molar-refractivity contribution in [2.24, 2.45) is 0 Å². The van der Waals surface area contributed by atoms with Crippen molar-refractivity contribution in [1.29, 1.82) is 0 Å². The fourth-order valence-corrected chi connectivity index (χ4v) is 1.87. The summed E-state index contributed by atoms with van der Waals surface area (Å²) in [5.74, 6) is 0.990. The van der Waals surface area contributed by atoms with Crippen molar-refractivity contribution < 1.29 is 4.74 Å². The minimum Gasteiger partial charge on any atom is -0.494 e. The molecule has 1 atom stereocenters. The molecule has 0 saturated heterocycles. The smallest absolute Gasteiger partial charge is 0.124 e. The van der Waals surface area contributed by atoms with Crippen molar-refractivity contribution in [3.8, 4) is 5.75 Å². The van der Waals surface area contributed by atoms with E-state index in [4.69, 9.17) is 4.74 Å². The highest BCUT2D eigenvalue weighted by atomic mass is 16.5. The Hall–Kier alpha value is -1.06. The van der Waals surface area contributed by atoms with Crippen LogP contribution < -0.4 is 10.1 Å². The van der Waals surface area contributed by atoms with E-state index in [-0.39, 0.29) is 0 Å². The Morgan fingerprint density at radius 3 is 2.67 bits per heavy atom. The molecule has 1 rings (SSSR count). The lowest BCUT2D eigenvalue weighted by Gasteiger charge is -2.20. The molecule has 0 fully saturated rings. The fourth-order valence-electron chi connectivity index (χ4n) is 1.87. The molecular formula is C15H26N2O. The van der Waals surface area contributed by atoms with Crippen molar-refractivity contribution >= 4 is 0 Å². The van der Waals surface area contributed by atoms with Gasteiger partial charge in [0.15, 0.2) is 0 Å². The summed E-state index contributed by atoms with van der Waals surface area (Å²) in [5, 5.41) is 3.54. The first-order chi connectivity index (χ1) is 8.69. The number of hydrogen-bond donors (Lipinski definition) is 1. The highest BCUT2D eigenvalue weighted by molar-refractivity contribution is 5.35. The molecule has 3 heteroatoms. The molecule has 102 valence electrons. The van der Waals surface area contributed by atoms with Crippen LogP contribution in [0.3, 0.4) is 0 Å². The van der Waals surface area contributed by atoms with Crippen LogP contribution in [0.2, 0.25) is 0 Å². The van der Waals surface area contributed by atoms with Crippen molar-refractivity contribution in [2.75, 3.05) is 33.3 Å². The minimum atomic E-state index is 0.318. The Labute approximate surface area is 111 Å². The summed E-state index contributed by atoms with van der Waals surface area (Å²) in [5.41, 5.74) is 1.23. The van der Waals surface area contributed by atoms with E-state index in [0.717, 1.165) is 25.4 Å². The molecule has 1 N–H and O–H groups in total. The van der Waals surface area contributed by atoms with E-state index in [1.165, 1.54) is 5.56 Å². The average Bonchev–Trinajstić information content (AvgIpc) is 2.39. The van der Waals surface area contributed by atoms with Crippen molar-refractivity contribution in [2.45, 2.75) is 26.8 Å². The predicted octanol–water partition coefficient (Wildman–Crippen LogP) is 2.69. The zero-order chi connectivity index (χ0) is 13.4. The highest BCUT2D eigenvalue weighted by Gasteiger charge is 2.10. The molecule has 0 spiro atoms. The Morgan fingerprint density at radius 2 is 2.00 bits per heavy atom. The number of ether oxygens (including phenoxy) is 1. The molecule has 0 aliphatic rings. The van der Waals surface area contributed by atoms with E-state index in [1.54, 1.807) is 0 Å². The SMILES string of the molecule is CCOc1ccccc1C(C)NCCN(C)CC. The molecule has 0 aliphatic carbocycles. The summed E-state index contributed by atoms with van der Waals surface area (Å²) >= 11 is 0. The molecule has 0 radical (unpaired) electrons. The zero-order valence-electron chi connectivity index (χ0n) is 12.1. The number of nitrogens with zero attached hydrogens (tertiary/aromatic N) is 1. The summed E-state index contributed by atoms with van der Waals surface area (Å²) in [7, 11) is 2.14. The van der Waals surface area contributed by atoms with Crippen LogP contribution in [0.15, 0.2) is 24.3 Å². The van der Waals surface area contributed by atoms with Crippen molar-refractivity contribution in [1.82, 2.24) is 10.2 Å². The van der Waals surface area contributed by atoms with Gasteiger partial charge in [-0.05, 0) is 33.5 Å². The average molecular weight is 250 g/mol. The van der Waals surface area contributed by atoms with Crippen LogP contribution in [0.1, 0.15) is 32.4 Å². The van der Waals surface area contributed by atoms with Gasteiger partial charge in [0.2, 0.25) is 0 Å². The summed E-state index contributed by atoms with van der Waals surface area (Å²) in [6.45, 7) is 10.2. The molecule has 1 unspecified atom stereocenters. The highest BCUT2D eigenvalue weighted by Crippen LogP contribution is 2.24. The van der Waals surface area contributed by atoms with E-state index in [2.05, 4.69) is 43.2 Å². The van der Waals surface area contributed by atoms with Crippen molar-refractivity contribution in [3.05, 3.63) is 29.8 Å². The van der Waals surface area contributed by atoms with E-state index >= 15 is 0 Å². The van der Waals surface area contributed by atoms with E-state index in [0.29, 0.717) is 12.6 Å². The first kappa shape index (κ1) is 15.0. The second kappa shape index (κ2) is 8.11. The topological polar surface area (TPSA) is 24.5 Å². The Balaban J connectivity index is 2.52. The zero-order valence-corrected chi connectivity index (χ0v) is 12.1. The molecule has 0 aliphatic heterocycles. The van der Waals surface area contributed by atoms with Gasteiger partial charge in [-0.3, -0.25) is 0 Å². The van der Waals surface area contributed by atoms with Gasteiger partial charge >= 0.3 is 0 Å². The van der Waals surface area contributed by atoms with Crippen LogP contribution in [0.25, 0.3) is 0 Å². The molecular weight excluding hydrogens is 224 g/mol. The Morgan fingerprint density at radius 1 is 1.28 bits per heavy atom. The Kier molecular flexibility index (Phi) is 6.76. The standard InChI is InChI=1S/C15H26N2O/c1-5-17(4)12-11-16-13(3)14-9-7-8-10-15(14)18-6-2/h7-10,13,16H,5-6,11-12H2,1-4H3. The molecule has 1 aromatic carbocycles. The molecule has 0 aromatic heterocycles. The third-order valence-electron chi connectivity index (χ3n) is 3.17. The van der Waals surface area contributed by atoms with Gasteiger partial charge in [0, 0.05) is 24.7 Å². The lowest BCUT2D eigenvalue weighted by Crippen LogP contribution is -2.30. The van der Waals surface area contributed by atoms with E-state index in [1.807, 2.05) is 19.1 Å². The van der Waals surface area contributed by atoms with Crippen LogP contribution in [-0.4, -0.2) is 38.2 Å². The van der Waals surface area contributed by atoms with Crippen LogP contribution in [0.4, 0.5) is 0 Å². The lowest BCUT2D eigenvalue weighted by atomic mass is 10.1. The number of rotatable bonds is 8. The molecule has 18 heavy (non-hydrogen) atoms. The van der Waals surface area contributed by atoms with E-state index in [9.17, 15) is 0 Å². The van der Waals surface area contributed by atoms with E-state index < -0.39 is 0 Å². The Bertz CT molecular complexity index is 341. The van der Waals surface area contributed by atoms with Gasteiger partial charge in [-0.1, -0.05) is 25.1 Å². The van der Waals surface area contributed by atoms with Gasteiger partial charge in [0.25, 0.3) is 0 Å². The van der Waals surface area contributed by atoms with Gasteiger partial charge in [0.1, 0.15) is 5.75 Å². The summed E-state index contributed by atoms with van der Waals surface area (Å²) < 4.78 is 5.66. The van der Waals surface area contributed by atoms with Gasteiger partial charge < -0.3 is 15.0 Å². The number of para-hydroxylation sites is 1. The fraction of sp³-hybridized carbons (Fsp3) is 0.600.